The van der Waals surface area contributed by atoms with Crippen LogP contribution in [0.3, 0.4) is 0 Å². The first-order valence-electron chi connectivity index (χ1n) is 6.52. The molecule has 0 amide bonds. The first-order chi connectivity index (χ1) is 9.61. The van der Waals surface area contributed by atoms with Gasteiger partial charge in [-0.25, -0.2) is 4.98 Å². The molecule has 0 saturated carbocycles. The van der Waals surface area contributed by atoms with Crippen LogP contribution in [0.1, 0.15) is 36.2 Å². The summed E-state index contributed by atoms with van der Waals surface area (Å²) in [4.78, 5) is 15.7. The maximum atomic E-state index is 10.7. The van der Waals surface area contributed by atoms with E-state index in [1.165, 1.54) is 11.1 Å². The lowest BCUT2D eigenvalue weighted by atomic mass is 10.1. The molecule has 0 bridgehead atoms. The number of thiophene rings is 1. The fraction of sp³-hybridized carbons (Fsp3) is 0.357. The van der Waals surface area contributed by atoms with E-state index in [4.69, 9.17) is 0 Å². The topological polar surface area (TPSA) is 68.1 Å². The molecule has 20 heavy (non-hydrogen) atoms. The zero-order valence-electron chi connectivity index (χ0n) is 11.5. The minimum absolute atomic E-state index is 0.0243. The second-order valence-electron chi connectivity index (χ2n) is 4.62. The molecule has 2 rings (SSSR count). The Morgan fingerprint density at radius 1 is 1.55 bits per heavy atom. The molecule has 0 aliphatic carbocycles. The lowest BCUT2D eigenvalue weighted by Crippen LogP contribution is -2.11. The van der Waals surface area contributed by atoms with Gasteiger partial charge in [0.25, 0.3) is 5.69 Å². The molecule has 106 valence electrons. The van der Waals surface area contributed by atoms with Gasteiger partial charge in [0.15, 0.2) is 0 Å². The molecule has 1 atom stereocenters. The summed E-state index contributed by atoms with van der Waals surface area (Å²) in [5.41, 5.74) is 0.813. The number of hydrogen-bond acceptors (Lipinski definition) is 5. The molecule has 0 aliphatic rings. The second kappa shape index (κ2) is 6.47. The van der Waals surface area contributed by atoms with Crippen LogP contribution in [0, 0.1) is 17.0 Å². The summed E-state index contributed by atoms with van der Waals surface area (Å²) in [6.45, 7) is 3.97. The number of nitrogens with zero attached hydrogens (tertiary/aromatic N) is 2. The highest BCUT2D eigenvalue weighted by molar-refractivity contribution is 7.10. The number of aryl methyl sites for hydroxylation is 1. The predicted octanol–water partition coefficient (Wildman–Crippen LogP) is 4.31. The van der Waals surface area contributed by atoms with Crippen molar-refractivity contribution in [3.63, 3.8) is 0 Å². The number of aromatic nitrogens is 1. The van der Waals surface area contributed by atoms with E-state index in [1.807, 2.05) is 13.0 Å². The van der Waals surface area contributed by atoms with E-state index in [2.05, 4.69) is 28.7 Å². The molecular weight excluding hydrogens is 274 g/mol. The Morgan fingerprint density at radius 3 is 2.90 bits per heavy atom. The molecule has 0 saturated heterocycles. The van der Waals surface area contributed by atoms with Crippen molar-refractivity contribution in [2.75, 3.05) is 5.32 Å². The Morgan fingerprint density at radius 2 is 2.35 bits per heavy atom. The van der Waals surface area contributed by atoms with Crippen LogP contribution in [0.15, 0.2) is 29.8 Å². The zero-order valence-corrected chi connectivity index (χ0v) is 12.3. The van der Waals surface area contributed by atoms with Gasteiger partial charge in [-0.15, -0.1) is 11.3 Å². The van der Waals surface area contributed by atoms with Gasteiger partial charge in [-0.3, -0.25) is 10.1 Å². The molecule has 0 aromatic carbocycles. The van der Waals surface area contributed by atoms with Crippen LogP contribution in [0.4, 0.5) is 11.5 Å². The lowest BCUT2D eigenvalue weighted by molar-refractivity contribution is -0.385. The van der Waals surface area contributed by atoms with Crippen molar-refractivity contribution in [1.82, 2.24) is 4.98 Å². The third kappa shape index (κ3) is 3.33. The number of pyridine rings is 1. The van der Waals surface area contributed by atoms with Crippen molar-refractivity contribution >= 4 is 22.8 Å². The van der Waals surface area contributed by atoms with Crippen molar-refractivity contribution in [1.29, 1.82) is 0 Å². The van der Waals surface area contributed by atoms with E-state index in [-0.39, 0.29) is 11.7 Å². The summed E-state index contributed by atoms with van der Waals surface area (Å²) in [5.74, 6) is 0.711. The Hall–Kier alpha value is -1.95. The van der Waals surface area contributed by atoms with E-state index in [0.717, 1.165) is 18.4 Å². The van der Waals surface area contributed by atoms with Gasteiger partial charge in [0.2, 0.25) is 0 Å². The van der Waals surface area contributed by atoms with Gasteiger partial charge in [-0.05, 0) is 30.4 Å². The van der Waals surface area contributed by atoms with Crippen molar-refractivity contribution in [3.05, 3.63) is 50.3 Å². The highest BCUT2D eigenvalue weighted by Crippen LogP contribution is 2.28. The highest BCUT2D eigenvalue weighted by atomic mass is 32.1. The summed E-state index contributed by atoms with van der Waals surface area (Å²) in [6.07, 6.45) is 3.35. The van der Waals surface area contributed by atoms with E-state index >= 15 is 0 Å². The summed E-state index contributed by atoms with van der Waals surface area (Å²) < 4.78 is 0. The molecule has 2 heterocycles. The zero-order chi connectivity index (χ0) is 14.5. The van der Waals surface area contributed by atoms with E-state index in [9.17, 15) is 10.1 Å². The number of nitrogens with one attached hydrogen (secondary N) is 1. The quantitative estimate of drug-likeness (QED) is 0.636. The molecule has 6 heteroatoms. The second-order valence-corrected chi connectivity index (χ2v) is 5.60. The molecule has 0 spiro atoms. The largest absolute Gasteiger partial charge is 0.362 e. The van der Waals surface area contributed by atoms with Crippen LogP contribution in [0.5, 0.6) is 0 Å². The number of nitro groups is 1. The van der Waals surface area contributed by atoms with Crippen LogP contribution in [-0.2, 0) is 0 Å². The Bertz CT molecular complexity index is 584. The Labute approximate surface area is 121 Å². The normalized spacial score (nSPS) is 12.1. The van der Waals surface area contributed by atoms with E-state index < -0.39 is 4.92 Å². The molecule has 1 N–H and O–H groups in total. The van der Waals surface area contributed by atoms with Gasteiger partial charge in [0, 0.05) is 10.9 Å². The molecule has 2 aromatic heterocycles. The molecule has 0 radical (unpaired) electrons. The minimum Gasteiger partial charge on any atom is -0.362 e. The molecular formula is C14H17N3O2S. The molecule has 0 aliphatic heterocycles. The van der Waals surface area contributed by atoms with E-state index in [1.54, 1.807) is 17.4 Å². The van der Waals surface area contributed by atoms with Crippen LogP contribution in [-0.4, -0.2) is 9.91 Å². The lowest BCUT2D eigenvalue weighted by Gasteiger charge is -2.18. The smallest absolute Gasteiger partial charge is 0.287 e. The Balaban J connectivity index is 2.21. The van der Waals surface area contributed by atoms with Crippen LogP contribution >= 0.6 is 11.3 Å². The number of hydrogen-bond donors (Lipinski definition) is 1. The molecule has 2 aromatic rings. The van der Waals surface area contributed by atoms with Gasteiger partial charge in [0.05, 0.1) is 11.0 Å². The van der Waals surface area contributed by atoms with Gasteiger partial charge in [0.1, 0.15) is 12.0 Å². The summed E-state index contributed by atoms with van der Waals surface area (Å²) in [5, 5.41) is 16.2. The summed E-state index contributed by atoms with van der Waals surface area (Å²) in [6, 6.07) is 5.87. The fourth-order valence-corrected chi connectivity index (χ4v) is 2.85. The summed E-state index contributed by atoms with van der Waals surface area (Å²) in [7, 11) is 0. The van der Waals surface area contributed by atoms with Gasteiger partial charge >= 0.3 is 0 Å². The molecule has 5 nitrogen and oxygen atoms in total. The predicted molar refractivity (Wildman–Crippen MR) is 81.2 cm³/mol. The van der Waals surface area contributed by atoms with Crippen molar-refractivity contribution in [3.8, 4) is 0 Å². The average Bonchev–Trinajstić information content (AvgIpc) is 2.94. The van der Waals surface area contributed by atoms with Crippen LogP contribution in [0.2, 0.25) is 0 Å². The number of rotatable bonds is 6. The van der Waals surface area contributed by atoms with Crippen LogP contribution < -0.4 is 5.32 Å². The standard InChI is InChI=1S/C14H17N3O2S/c1-3-5-12(13-6-4-7-20-13)16-14-10(2)8-11(9-15-14)17(18)19/h4,6-9,12H,3,5H2,1-2H3,(H,15,16). The maximum Gasteiger partial charge on any atom is 0.287 e. The summed E-state index contributed by atoms with van der Waals surface area (Å²) >= 11 is 1.71. The van der Waals surface area contributed by atoms with Gasteiger partial charge in [-0.2, -0.15) is 0 Å². The maximum absolute atomic E-state index is 10.7. The first kappa shape index (κ1) is 14.5. The highest BCUT2D eigenvalue weighted by Gasteiger charge is 2.15. The van der Waals surface area contributed by atoms with Crippen molar-refractivity contribution < 1.29 is 4.92 Å². The average molecular weight is 291 g/mol. The van der Waals surface area contributed by atoms with Crippen molar-refractivity contribution in [2.45, 2.75) is 32.7 Å². The van der Waals surface area contributed by atoms with Crippen molar-refractivity contribution in [2.24, 2.45) is 0 Å². The first-order valence-corrected chi connectivity index (χ1v) is 7.40. The van der Waals surface area contributed by atoms with Gasteiger partial charge < -0.3 is 5.32 Å². The monoisotopic (exact) mass is 291 g/mol. The SMILES string of the molecule is CCCC(Nc1ncc([N+](=O)[O-])cc1C)c1cccs1. The minimum atomic E-state index is -0.424. The van der Waals surface area contributed by atoms with Crippen LogP contribution in [0.25, 0.3) is 0 Å². The number of anilines is 1. The molecule has 1 unspecified atom stereocenters. The Kier molecular flexibility index (Phi) is 4.68. The molecule has 0 fully saturated rings. The van der Waals surface area contributed by atoms with Gasteiger partial charge in [-0.1, -0.05) is 19.4 Å². The fourth-order valence-electron chi connectivity index (χ4n) is 2.04. The third-order valence-corrected chi connectivity index (χ3v) is 4.04. The van der Waals surface area contributed by atoms with E-state index in [0.29, 0.717) is 5.82 Å². The third-order valence-electron chi connectivity index (χ3n) is 3.05.